The highest BCUT2D eigenvalue weighted by atomic mass is 16.5. The average molecular weight is 364 g/mol. The molecule has 0 aromatic heterocycles. The van der Waals surface area contributed by atoms with Gasteiger partial charge < -0.3 is 20.3 Å². The first-order valence-corrected chi connectivity index (χ1v) is 9.05. The number of hydrogen-bond donors (Lipinski definition) is 3. The van der Waals surface area contributed by atoms with Crippen molar-refractivity contribution in [3.8, 4) is 0 Å². The molecular formula is C19H30N3O4+. The van der Waals surface area contributed by atoms with Gasteiger partial charge in [0.2, 0.25) is 0 Å². The van der Waals surface area contributed by atoms with E-state index in [2.05, 4.69) is 10.6 Å². The highest BCUT2D eigenvalue weighted by Gasteiger charge is 2.17. The summed E-state index contributed by atoms with van der Waals surface area (Å²) in [7, 11) is 0. The summed E-state index contributed by atoms with van der Waals surface area (Å²) in [6.45, 7) is 9.17. The molecule has 0 heterocycles. The van der Waals surface area contributed by atoms with Gasteiger partial charge in [0.1, 0.15) is 0 Å². The van der Waals surface area contributed by atoms with Crippen molar-refractivity contribution in [1.82, 2.24) is 5.32 Å². The predicted molar refractivity (Wildman–Crippen MR) is 100 cm³/mol. The predicted octanol–water partition coefficient (Wildman–Crippen LogP) is 0.621. The normalized spacial score (nSPS) is 11.7. The topological polar surface area (TPSA) is 88.9 Å². The summed E-state index contributed by atoms with van der Waals surface area (Å²) >= 11 is 0. The van der Waals surface area contributed by atoms with E-state index in [0.29, 0.717) is 24.4 Å². The van der Waals surface area contributed by atoms with Gasteiger partial charge in [0.25, 0.3) is 11.8 Å². The van der Waals surface area contributed by atoms with Crippen LogP contribution < -0.4 is 15.5 Å². The zero-order valence-corrected chi connectivity index (χ0v) is 16.1. The molecule has 0 aliphatic carbocycles. The van der Waals surface area contributed by atoms with Crippen molar-refractivity contribution in [2.24, 2.45) is 0 Å². The number of amides is 2. The molecule has 0 saturated carbocycles. The van der Waals surface area contributed by atoms with E-state index in [4.69, 9.17) is 4.74 Å². The first kappa shape index (κ1) is 21.6. The number of likely N-dealkylation sites (N-methyl/N-ethyl adjacent to an activating group) is 1. The molecule has 144 valence electrons. The Hall–Kier alpha value is -2.41. The Morgan fingerprint density at radius 1 is 1.04 bits per heavy atom. The zero-order chi connectivity index (χ0) is 19.5. The summed E-state index contributed by atoms with van der Waals surface area (Å²) in [6, 6.07) is 6.65. The molecule has 26 heavy (non-hydrogen) atoms. The van der Waals surface area contributed by atoms with Crippen LogP contribution in [0.1, 0.15) is 44.5 Å². The van der Waals surface area contributed by atoms with Gasteiger partial charge in [-0.25, -0.2) is 4.79 Å². The van der Waals surface area contributed by atoms with Gasteiger partial charge in [-0.2, -0.15) is 0 Å². The fourth-order valence-electron chi connectivity index (χ4n) is 2.31. The standard InChI is InChI=1S/C19H29N3O4/c1-5-11-26-19(25)15-7-9-16(10-8-15)21-18(24)13-22(6-2)12-17(23)20-14(3)4/h7-10,14H,5-6,11-13H2,1-4H3,(H,20,23)(H,21,24)/p+1. The minimum Gasteiger partial charge on any atom is -0.462 e. The Kier molecular flexibility index (Phi) is 9.36. The second kappa shape index (κ2) is 11.3. The molecule has 0 aliphatic rings. The van der Waals surface area contributed by atoms with Crippen molar-refractivity contribution in [1.29, 1.82) is 0 Å². The molecule has 1 unspecified atom stereocenters. The number of quaternary nitrogens is 1. The lowest BCUT2D eigenvalue weighted by Crippen LogP contribution is -3.14. The minimum atomic E-state index is -0.373. The first-order chi connectivity index (χ1) is 12.3. The molecule has 2 amide bonds. The SMILES string of the molecule is CCCOC(=O)c1ccc(NC(=O)C[NH+](CC)CC(=O)NC(C)C)cc1. The number of anilines is 1. The molecule has 0 fully saturated rings. The molecule has 7 nitrogen and oxygen atoms in total. The molecular weight excluding hydrogens is 334 g/mol. The van der Waals surface area contributed by atoms with Gasteiger partial charge in [-0.3, -0.25) is 9.59 Å². The summed E-state index contributed by atoms with van der Waals surface area (Å²) in [5.74, 6) is -0.623. The first-order valence-electron chi connectivity index (χ1n) is 9.05. The number of rotatable bonds is 10. The number of esters is 1. The third kappa shape index (κ3) is 8.11. The van der Waals surface area contributed by atoms with E-state index in [0.717, 1.165) is 11.3 Å². The number of hydrogen-bond acceptors (Lipinski definition) is 4. The van der Waals surface area contributed by atoms with Gasteiger partial charge in [-0.05, 0) is 51.5 Å². The van der Waals surface area contributed by atoms with Gasteiger partial charge in [0, 0.05) is 11.7 Å². The number of carbonyl (C=O) groups is 3. The van der Waals surface area contributed by atoms with Crippen LogP contribution in [0.3, 0.4) is 0 Å². The van der Waals surface area contributed by atoms with Crippen molar-refractivity contribution in [3.63, 3.8) is 0 Å². The molecule has 0 bridgehead atoms. The summed E-state index contributed by atoms with van der Waals surface area (Å²) in [5, 5.41) is 5.61. The van der Waals surface area contributed by atoms with Gasteiger partial charge >= 0.3 is 5.97 Å². The van der Waals surface area contributed by atoms with Crippen molar-refractivity contribution in [2.75, 3.05) is 31.6 Å². The average Bonchev–Trinajstić information content (AvgIpc) is 2.58. The van der Waals surface area contributed by atoms with Gasteiger partial charge in [-0.15, -0.1) is 0 Å². The van der Waals surface area contributed by atoms with E-state index in [-0.39, 0.29) is 36.9 Å². The minimum absolute atomic E-state index is 0.0698. The smallest absolute Gasteiger partial charge is 0.338 e. The number of ether oxygens (including phenoxy) is 1. The van der Waals surface area contributed by atoms with Crippen molar-refractivity contribution in [3.05, 3.63) is 29.8 Å². The van der Waals surface area contributed by atoms with Gasteiger partial charge in [-0.1, -0.05) is 6.92 Å². The largest absolute Gasteiger partial charge is 0.462 e. The second-order valence-corrected chi connectivity index (χ2v) is 6.44. The second-order valence-electron chi connectivity index (χ2n) is 6.44. The molecule has 1 aromatic rings. The van der Waals surface area contributed by atoms with Crippen LogP contribution in [-0.2, 0) is 14.3 Å². The third-order valence-corrected chi connectivity index (χ3v) is 3.61. The molecule has 1 aromatic carbocycles. The molecule has 7 heteroatoms. The van der Waals surface area contributed by atoms with E-state index in [1.807, 2.05) is 27.7 Å². The maximum atomic E-state index is 12.2. The van der Waals surface area contributed by atoms with Crippen LogP contribution in [0.2, 0.25) is 0 Å². The number of nitrogens with one attached hydrogen (secondary N) is 3. The highest BCUT2D eigenvalue weighted by Crippen LogP contribution is 2.10. The lowest BCUT2D eigenvalue weighted by molar-refractivity contribution is -0.881. The maximum Gasteiger partial charge on any atom is 0.338 e. The van der Waals surface area contributed by atoms with Crippen LogP contribution in [0.5, 0.6) is 0 Å². The lowest BCUT2D eigenvalue weighted by Gasteiger charge is -2.17. The monoisotopic (exact) mass is 364 g/mol. The maximum absolute atomic E-state index is 12.2. The van der Waals surface area contributed by atoms with Crippen LogP contribution in [0.4, 0.5) is 5.69 Å². The van der Waals surface area contributed by atoms with E-state index in [1.165, 1.54) is 0 Å². The van der Waals surface area contributed by atoms with Crippen LogP contribution in [0.15, 0.2) is 24.3 Å². The molecule has 0 radical (unpaired) electrons. The van der Waals surface area contributed by atoms with E-state index < -0.39 is 0 Å². The van der Waals surface area contributed by atoms with Crippen LogP contribution >= 0.6 is 0 Å². The fourth-order valence-corrected chi connectivity index (χ4v) is 2.31. The van der Waals surface area contributed by atoms with Crippen LogP contribution in [-0.4, -0.2) is 50.1 Å². The van der Waals surface area contributed by atoms with Gasteiger partial charge in [0.15, 0.2) is 13.1 Å². The highest BCUT2D eigenvalue weighted by molar-refractivity contribution is 5.93. The molecule has 1 rings (SSSR count). The van der Waals surface area contributed by atoms with Crippen LogP contribution in [0.25, 0.3) is 0 Å². The molecule has 3 N–H and O–H groups in total. The van der Waals surface area contributed by atoms with Crippen LogP contribution in [0, 0.1) is 0 Å². The summed E-state index contributed by atoms with van der Waals surface area (Å²) in [4.78, 5) is 36.6. The molecule has 0 aliphatic heterocycles. The Labute approximate surface area is 155 Å². The van der Waals surface area contributed by atoms with E-state index >= 15 is 0 Å². The third-order valence-electron chi connectivity index (χ3n) is 3.61. The van der Waals surface area contributed by atoms with E-state index in [1.54, 1.807) is 24.3 Å². The lowest BCUT2D eigenvalue weighted by atomic mass is 10.2. The Balaban J connectivity index is 2.53. The van der Waals surface area contributed by atoms with E-state index in [9.17, 15) is 14.4 Å². The number of carbonyl (C=O) groups excluding carboxylic acids is 3. The Morgan fingerprint density at radius 2 is 1.65 bits per heavy atom. The molecule has 0 saturated heterocycles. The number of benzene rings is 1. The van der Waals surface area contributed by atoms with Crippen molar-refractivity contribution >= 4 is 23.5 Å². The van der Waals surface area contributed by atoms with Crippen molar-refractivity contribution < 1.29 is 24.0 Å². The summed E-state index contributed by atoms with van der Waals surface area (Å²) in [5.41, 5.74) is 1.05. The Bertz CT molecular complexity index is 599. The Morgan fingerprint density at radius 3 is 2.19 bits per heavy atom. The molecule has 0 spiro atoms. The van der Waals surface area contributed by atoms with Crippen molar-refractivity contribution in [2.45, 2.75) is 40.2 Å². The fraction of sp³-hybridized carbons (Fsp3) is 0.526. The quantitative estimate of drug-likeness (QED) is 0.531. The summed E-state index contributed by atoms with van der Waals surface area (Å²) < 4.78 is 5.06. The summed E-state index contributed by atoms with van der Waals surface area (Å²) in [6.07, 6.45) is 0.769. The van der Waals surface area contributed by atoms with Gasteiger partial charge in [0.05, 0.1) is 18.7 Å². The molecule has 1 atom stereocenters. The zero-order valence-electron chi connectivity index (χ0n) is 16.1.